The summed E-state index contributed by atoms with van der Waals surface area (Å²) in [5.41, 5.74) is 1.14. The summed E-state index contributed by atoms with van der Waals surface area (Å²) in [6, 6.07) is 7.64. The van der Waals surface area contributed by atoms with E-state index in [1.54, 1.807) is 11.8 Å². The third kappa shape index (κ3) is 7.28. The molecule has 1 aromatic heterocycles. The van der Waals surface area contributed by atoms with Gasteiger partial charge in [0.25, 0.3) is 0 Å². The third-order valence-electron chi connectivity index (χ3n) is 3.77. The van der Waals surface area contributed by atoms with E-state index in [2.05, 4.69) is 22.2 Å². The molecule has 27 heavy (non-hydrogen) atoms. The molecule has 2 rings (SSSR count). The summed E-state index contributed by atoms with van der Waals surface area (Å²) in [5, 5.41) is 7.53. The minimum absolute atomic E-state index is 0. The van der Waals surface area contributed by atoms with Crippen molar-refractivity contribution in [3.63, 3.8) is 0 Å². The van der Waals surface area contributed by atoms with E-state index in [0.29, 0.717) is 6.54 Å². The maximum absolute atomic E-state index is 5.97. The highest BCUT2D eigenvalue weighted by atomic mass is 127. The van der Waals surface area contributed by atoms with Gasteiger partial charge in [-0.05, 0) is 26.0 Å². The lowest BCUT2D eigenvalue weighted by atomic mass is 10.3. The summed E-state index contributed by atoms with van der Waals surface area (Å²) >= 11 is 0. The van der Waals surface area contributed by atoms with Crippen molar-refractivity contribution in [2.45, 2.75) is 26.5 Å². The molecular weight excluding hydrogens is 457 g/mol. The molecule has 1 heterocycles. The van der Waals surface area contributed by atoms with Crippen molar-refractivity contribution >= 4 is 29.9 Å². The SMILES string of the molecule is CCNC(=NCC(C)Oc1ccccc1OC)N(C)Cc1cnn(C)c1.I. The highest BCUT2D eigenvalue weighted by Crippen LogP contribution is 2.26. The molecular formula is C19H30IN5O2. The number of methoxy groups -OCH3 is 1. The molecule has 7 nitrogen and oxygen atoms in total. The van der Waals surface area contributed by atoms with Gasteiger partial charge in [-0.2, -0.15) is 5.10 Å². The molecule has 1 unspecified atom stereocenters. The Hall–Kier alpha value is -1.97. The van der Waals surface area contributed by atoms with Crippen LogP contribution in [0.1, 0.15) is 19.4 Å². The van der Waals surface area contributed by atoms with Crippen LogP contribution < -0.4 is 14.8 Å². The molecule has 0 fully saturated rings. The molecule has 2 aromatic rings. The van der Waals surface area contributed by atoms with E-state index in [1.165, 1.54) is 0 Å². The topological polar surface area (TPSA) is 63.9 Å². The Bertz CT molecular complexity index is 720. The molecule has 0 saturated heterocycles. The molecule has 0 radical (unpaired) electrons. The predicted octanol–water partition coefficient (Wildman–Crippen LogP) is 2.91. The number of ether oxygens (including phenoxy) is 2. The molecule has 0 aliphatic carbocycles. The van der Waals surface area contributed by atoms with Crippen molar-refractivity contribution in [1.29, 1.82) is 0 Å². The molecule has 0 spiro atoms. The van der Waals surface area contributed by atoms with Crippen LogP contribution in [0.15, 0.2) is 41.7 Å². The van der Waals surface area contributed by atoms with Gasteiger partial charge in [-0.1, -0.05) is 12.1 Å². The molecule has 0 aliphatic heterocycles. The quantitative estimate of drug-likeness (QED) is 0.353. The Morgan fingerprint density at radius 2 is 2.04 bits per heavy atom. The lowest BCUT2D eigenvalue weighted by Gasteiger charge is -2.22. The van der Waals surface area contributed by atoms with Gasteiger partial charge in [0.2, 0.25) is 0 Å². The lowest BCUT2D eigenvalue weighted by Crippen LogP contribution is -2.39. The van der Waals surface area contributed by atoms with Crippen LogP contribution in [0.2, 0.25) is 0 Å². The van der Waals surface area contributed by atoms with Gasteiger partial charge in [-0.25, -0.2) is 4.99 Å². The van der Waals surface area contributed by atoms with Crippen LogP contribution in [0.25, 0.3) is 0 Å². The van der Waals surface area contributed by atoms with Crippen LogP contribution in [0.4, 0.5) is 0 Å². The Morgan fingerprint density at radius 1 is 1.33 bits per heavy atom. The molecule has 8 heteroatoms. The zero-order valence-corrected chi connectivity index (χ0v) is 19.0. The summed E-state index contributed by atoms with van der Waals surface area (Å²) in [5.74, 6) is 2.29. The summed E-state index contributed by atoms with van der Waals surface area (Å²) < 4.78 is 13.1. The van der Waals surface area contributed by atoms with Gasteiger partial charge in [0, 0.05) is 38.9 Å². The third-order valence-corrected chi connectivity index (χ3v) is 3.77. The maximum Gasteiger partial charge on any atom is 0.194 e. The number of hydrogen-bond donors (Lipinski definition) is 1. The fourth-order valence-corrected chi connectivity index (χ4v) is 2.56. The second-order valence-corrected chi connectivity index (χ2v) is 6.15. The number of aromatic nitrogens is 2. The van der Waals surface area contributed by atoms with Crippen LogP contribution in [0.5, 0.6) is 11.5 Å². The van der Waals surface area contributed by atoms with Crippen molar-refractivity contribution in [3.8, 4) is 11.5 Å². The second-order valence-electron chi connectivity index (χ2n) is 6.15. The number of hydrogen-bond acceptors (Lipinski definition) is 4. The largest absolute Gasteiger partial charge is 0.493 e. The van der Waals surface area contributed by atoms with Crippen molar-refractivity contribution < 1.29 is 9.47 Å². The number of para-hydroxylation sites is 2. The highest BCUT2D eigenvalue weighted by Gasteiger charge is 2.11. The van der Waals surface area contributed by atoms with E-state index >= 15 is 0 Å². The van der Waals surface area contributed by atoms with Gasteiger partial charge >= 0.3 is 0 Å². The zero-order chi connectivity index (χ0) is 18.9. The number of nitrogens with zero attached hydrogens (tertiary/aromatic N) is 4. The zero-order valence-electron chi connectivity index (χ0n) is 16.7. The summed E-state index contributed by atoms with van der Waals surface area (Å²) in [4.78, 5) is 6.79. The van der Waals surface area contributed by atoms with Gasteiger partial charge in [0.1, 0.15) is 6.10 Å². The normalized spacial score (nSPS) is 12.1. The van der Waals surface area contributed by atoms with Gasteiger partial charge in [0.05, 0.1) is 19.9 Å². The predicted molar refractivity (Wildman–Crippen MR) is 119 cm³/mol. The Kier molecular flexibility index (Phi) is 9.98. The van der Waals surface area contributed by atoms with E-state index in [4.69, 9.17) is 14.5 Å². The smallest absolute Gasteiger partial charge is 0.194 e. The number of guanidine groups is 1. The fourth-order valence-electron chi connectivity index (χ4n) is 2.56. The Morgan fingerprint density at radius 3 is 2.63 bits per heavy atom. The van der Waals surface area contributed by atoms with Crippen molar-refractivity contribution in [3.05, 3.63) is 42.2 Å². The van der Waals surface area contributed by atoms with Crippen LogP contribution in [0.3, 0.4) is 0 Å². The van der Waals surface area contributed by atoms with E-state index in [0.717, 1.165) is 36.1 Å². The number of halogens is 1. The molecule has 150 valence electrons. The van der Waals surface area contributed by atoms with Crippen molar-refractivity contribution in [2.75, 3.05) is 27.2 Å². The second kappa shape index (κ2) is 11.7. The number of nitrogens with one attached hydrogen (secondary N) is 1. The highest BCUT2D eigenvalue weighted by molar-refractivity contribution is 14.0. The van der Waals surface area contributed by atoms with Crippen LogP contribution >= 0.6 is 24.0 Å². The monoisotopic (exact) mass is 487 g/mol. The van der Waals surface area contributed by atoms with E-state index in [9.17, 15) is 0 Å². The fraction of sp³-hybridized carbons (Fsp3) is 0.474. The lowest BCUT2D eigenvalue weighted by molar-refractivity contribution is 0.219. The summed E-state index contributed by atoms with van der Waals surface area (Å²) in [6.07, 6.45) is 3.80. The van der Waals surface area contributed by atoms with Gasteiger partial charge in [0.15, 0.2) is 17.5 Å². The minimum Gasteiger partial charge on any atom is -0.493 e. The van der Waals surface area contributed by atoms with E-state index < -0.39 is 0 Å². The molecule has 0 aliphatic rings. The first kappa shape index (κ1) is 23.1. The number of aliphatic imine (C=N–C) groups is 1. The summed E-state index contributed by atoms with van der Waals surface area (Å²) in [6.45, 7) is 6.14. The molecule has 0 saturated carbocycles. The minimum atomic E-state index is -0.0771. The van der Waals surface area contributed by atoms with Crippen molar-refractivity contribution in [1.82, 2.24) is 20.0 Å². The van der Waals surface area contributed by atoms with Crippen LogP contribution in [-0.4, -0.2) is 54.0 Å². The average Bonchev–Trinajstić information content (AvgIpc) is 3.03. The Labute approximate surface area is 178 Å². The molecule has 1 atom stereocenters. The van der Waals surface area contributed by atoms with Crippen molar-refractivity contribution in [2.24, 2.45) is 12.0 Å². The van der Waals surface area contributed by atoms with Crippen LogP contribution in [-0.2, 0) is 13.6 Å². The molecule has 1 N–H and O–H groups in total. The van der Waals surface area contributed by atoms with E-state index in [1.807, 2.05) is 57.7 Å². The average molecular weight is 487 g/mol. The van der Waals surface area contributed by atoms with Gasteiger partial charge in [-0.3, -0.25) is 4.68 Å². The van der Waals surface area contributed by atoms with Crippen LogP contribution in [0, 0.1) is 0 Å². The molecule has 1 aromatic carbocycles. The van der Waals surface area contributed by atoms with Gasteiger partial charge < -0.3 is 19.7 Å². The number of aryl methyl sites for hydroxylation is 1. The molecule has 0 amide bonds. The first-order valence-corrected chi connectivity index (χ1v) is 8.80. The number of rotatable bonds is 8. The van der Waals surface area contributed by atoms with E-state index in [-0.39, 0.29) is 30.1 Å². The Balaban J connectivity index is 0.00000364. The first-order chi connectivity index (χ1) is 12.5. The number of benzene rings is 1. The standard InChI is InChI=1S/C19H29N5O2.HI/c1-6-20-19(23(3)13-16-12-22-24(4)14-16)21-11-15(2)26-18-10-8-7-9-17(18)25-5;/h7-10,12,14-15H,6,11,13H2,1-5H3,(H,20,21);1H. The molecule has 0 bridgehead atoms. The maximum atomic E-state index is 5.97. The first-order valence-electron chi connectivity index (χ1n) is 8.80. The van der Waals surface area contributed by atoms with Gasteiger partial charge in [-0.15, -0.1) is 24.0 Å². The summed E-state index contributed by atoms with van der Waals surface area (Å²) in [7, 11) is 5.57.